The molecule has 3 aromatic heterocycles. The van der Waals surface area contributed by atoms with E-state index in [0.717, 1.165) is 6.42 Å². The first-order chi connectivity index (χ1) is 18.7. The molecule has 39 heavy (non-hydrogen) atoms. The molecule has 1 atom stereocenters. The lowest BCUT2D eigenvalue weighted by atomic mass is 10.1. The van der Waals surface area contributed by atoms with E-state index >= 15 is 0 Å². The number of amides is 2. The highest BCUT2D eigenvalue weighted by molar-refractivity contribution is 6.31. The summed E-state index contributed by atoms with van der Waals surface area (Å²) < 4.78 is 33.9. The summed E-state index contributed by atoms with van der Waals surface area (Å²) in [6, 6.07) is 6.03. The van der Waals surface area contributed by atoms with Crippen molar-refractivity contribution in [3.05, 3.63) is 59.6 Å². The Morgan fingerprint density at radius 1 is 1.31 bits per heavy atom. The molecule has 0 radical (unpaired) electrons. The molecule has 11 nitrogen and oxygen atoms in total. The van der Waals surface area contributed by atoms with E-state index in [1.807, 2.05) is 14.1 Å². The van der Waals surface area contributed by atoms with Crippen molar-refractivity contribution in [1.82, 2.24) is 34.2 Å². The number of fused-ring (bicyclic) bond motifs is 1. The van der Waals surface area contributed by atoms with Gasteiger partial charge in [0.25, 0.3) is 5.91 Å². The number of hydrogen-bond donors (Lipinski definition) is 1. The van der Waals surface area contributed by atoms with E-state index in [-0.39, 0.29) is 51.8 Å². The molecule has 1 saturated heterocycles. The minimum absolute atomic E-state index is 0.103. The van der Waals surface area contributed by atoms with Crippen molar-refractivity contribution >= 4 is 34.7 Å². The molecule has 4 heterocycles. The maximum Gasteiger partial charge on any atom is 0.387 e. The number of halogens is 3. The van der Waals surface area contributed by atoms with Crippen LogP contribution in [0.25, 0.3) is 16.9 Å². The summed E-state index contributed by atoms with van der Waals surface area (Å²) >= 11 is 6.18. The fourth-order valence-corrected chi connectivity index (χ4v) is 4.66. The molecular weight excluding hydrogens is 534 g/mol. The molecule has 0 bridgehead atoms. The average Bonchev–Trinajstić information content (AvgIpc) is 3.63. The van der Waals surface area contributed by atoms with Crippen molar-refractivity contribution in [2.75, 3.05) is 32.5 Å². The van der Waals surface area contributed by atoms with Crippen LogP contribution in [0.3, 0.4) is 0 Å². The molecule has 2 amide bonds. The van der Waals surface area contributed by atoms with Gasteiger partial charge in [0.2, 0.25) is 5.91 Å². The summed E-state index contributed by atoms with van der Waals surface area (Å²) in [4.78, 5) is 34.3. The van der Waals surface area contributed by atoms with Gasteiger partial charge in [0, 0.05) is 48.3 Å². The molecule has 0 spiro atoms. The molecule has 1 fully saturated rings. The fraction of sp³-hybridized carbons (Fsp3) is 0.320. The minimum Gasteiger partial charge on any atom is -0.434 e. The van der Waals surface area contributed by atoms with E-state index in [4.69, 9.17) is 16.3 Å². The maximum atomic E-state index is 13.2. The molecule has 1 unspecified atom stereocenters. The van der Waals surface area contributed by atoms with Crippen molar-refractivity contribution in [2.45, 2.75) is 25.6 Å². The highest BCUT2D eigenvalue weighted by atomic mass is 35.5. The summed E-state index contributed by atoms with van der Waals surface area (Å²) in [7, 11) is 3.94. The normalized spacial score (nSPS) is 15.5. The first kappa shape index (κ1) is 26.5. The standard InChI is InChI=1S/C25H25ClF2N8O3/c1-33(2)16-6-9-34(12-16)21(37)14-35-13-19(31-24(38)18-11-30-36-8-3-7-29-23(18)36)22(32-35)17-10-15(26)4-5-20(17)39-25(27)28/h3-5,7-8,10-11,13,16,25H,6,9,12,14H2,1-2H3,(H,31,38). The lowest BCUT2D eigenvalue weighted by Gasteiger charge is -2.20. The van der Waals surface area contributed by atoms with Gasteiger partial charge >= 0.3 is 6.61 Å². The van der Waals surface area contributed by atoms with Gasteiger partial charge in [0.15, 0.2) is 5.65 Å². The van der Waals surface area contributed by atoms with Crippen LogP contribution in [0, 0.1) is 0 Å². The van der Waals surface area contributed by atoms with Gasteiger partial charge in [-0.05, 0) is 44.8 Å². The molecule has 14 heteroatoms. The zero-order chi connectivity index (χ0) is 27.7. The molecule has 0 aliphatic carbocycles. The number of anilines is 1. The van der Waals surface area contributed by atoms with Gasteiger partial charge in [-0.1, -0.05) is 11.6 Å². The Kier molecular flexibility index (Phi) is 7.44. The molecule has 4 aromatic rings. The number of carbonyl (C=O) groups is 2. The zero-order valence-corrected chi connectivity index (χ0v) is 21.8. The van der Waals surface area contributed by atoms with Gasteiger partial charge in [-0.3, -0.25) is 14.3 Å². The number of carbonyl (C=O) groups excluding carboxylic acids is 2. The summed E-state index contributed by atoms with van der Waals surface area (Å²) in [5.74, 6) is -0.900. The third-order valence-corrected chi connectivity index (χ3v) is 6.73. The Bertz CT molecular complexity index is 1520. The topological polar surface area (TPSA) is 110 Å². The number of nitrogens with one attached hydrogen (secondary N) is 1. The van der Waals surface area contributed by atoms with E-state index in [9.17, 15) is 18.4 Å². The van der Waals surface area contributed by atoms with Crippen molar-refractivity contribution in [1.29, 1.82) is 0 Å². The second-order valence-corrected chi connectivity index (χ2v) is 9.69. The van der Waals surface area contributed by atoms with E-state index in [1.165, 1.54) is 46.0 Å². The number of likely N-dealkylation sites (N-methyl/N-ethyl adjacent to an activating group) is 1. The Morgan fingerprint density at radius 2 is 2.13 bits per heavy atom. The van der Waals surface area contributed by atoms with Crippen LogP contribution in [0.1, 0.15) is 16.8 Å². The van der Waals surface area contributed by atoms with Crippen LogP contribution in [-0.4, -0.2) is 85.8 Å². The average molecular weight is 559 g/mol. The Morgan fingerprint density at radius 3 is 2.87 bits per heavy atom. The van der Waals surface area contributed by atoms with Crippen molar-refractivity contribution in [3.63, 3.8) is 0 Å². The lowest BCUT2D eigenvalue weighted by molar-refractivity contribution is -0.131. The highest BCUT2D eigenvalue weighted by Gasteiger charge is 2.28. The van der Waals surface area contributed by atoms with Gasteiger partial charge in [-0.2, -0.15) is 19.0 Å². The quantitative estimate of drug-likeness (QED) is 0.353. The van der Waals surface area contributed by atoms with Crippen LogP contribution in [0.5, 0.6) is 5.75 Å². The largest absolute Gasteiger partial charge is 0.434 e. The first-order valence-electron chi connectivity index (χ1n) is 12.1. The number of ether oxygens (including phenoxy) is 1. The predicted molar refractivity (Wildman–Crippen MR) is 139 cm³/mol. The number of aromatic nitrogens is 5. The van der Waals surface area contributed by atoms with Crippen LogP contribution in [0.4, 0.5) is 14.5 Å². The Labute approximate surface area is 226 Å². The van der Waals surface area contributed by atoms with Crippen LogP contribution in [0.2, 0.25) is 5.02 Å². The smallest absolute Gasteiger partial charge is 0.387 e. The lowest BCUT2D eigenvalue weighted by Crippen LogP contribution is -2.36. The van der Waals surface area contributed by atoms with Crippen LogP contribution >= 0.6 is 11.6 Å². The molecule has 0 saturated carbocycles. The highest BCUT2D eigenvalue weighted by Crippen LogP contribution is 2.37. The van der Waals surface area contributed by atoms with Crippen molar-refractivity contribution in [3.8, 4) is 17.0 Å². The van der Waals surface area contributed by atoms with Gasteiger partial charge in [0.05, 0.1) is 11.9 Å². The number of nitrogens with zero attached hydrogens (tertiary/aromatic N) is 7. The summed E-state index contributed by atoms with van der Waals surface area (Å²) in [5.41, 5.74) is 0.903. The zero-order valence-electron chi connectivity index (χ0n) is 21.1. The molecule has 1 aliphatic heterocycles. The van der Waals surface area contributed by atoms with Crippen molar-refractivity contribution in [2.24, 2.45) is 0 Å². The van der Waals surface area contributed by atoms with Gasteiger partial charge in [0.1, 0.15) is 23.6 Å². The number of alkyl halides is 2. The van der Waals surface area contributed by atoms with Crippen LogP contribution in [-0.2, 0) is 11.3 Å². The van der Waals surface area contributed by atoms with Gasteiger partial charge < -0.3 is 19.9 Å². The second kappa shape index (κ2) is 10.9. The fourth-order valence-electron chi connectivity index (χ4n) is 4.48. The minimum atomic E-state index is -3.10. The third-order valence-electron chi connectivity index (χ3n) is 6.49. The molecule has 1 aromatic carbocycles. The van der Waals surface area contributed by atoms with Crippen molar-refractivity contribution < 1.29 is 23.1 Å². The molecule has 204 valence electrons. The number of benzene rings is 1. The third kappa shape index (κ3) is 5.68. The number of hydrogen-bond acceptors (Lipinski definition) is 7. The van der Waals surface area contributed by atoms with Crippen LogP contribution in [0.15, 0.2) is 49.1 Å². The maximum absolute atomic E-state index is 13.2. The Balaban J connectivity index is 1.49. The molecule has 1 N–H and O–H groups in total. The van der Waals surface area contributed by atoms with Gasteiger partial charge in [-0.25, -0.2) is 9.50 Å². The monoisotopic (exact) mass is 558 g/mol. The molecule has 1 aliphatic rings. The summed E-state index contributed by atoms with van der Waals surface area (Å²) in [5, 5.41) is 11.6. The SMILES string of the molecule is CN(C)C1CCN(C(=O)Cn2cc(NC(=O)c3cnn4cccnc34)c(-c3cc(Cl)ccc3OC(F)F)n2)C1. The van der Waals surface area contributed by atoms with E-state index in [1.54, 1.807) is 17.2 Å². The number of likely N-dealkylation sites (tertiary alicyclic amines) is 1. The first-order valence-corrected chi connectivity index (χ1v) is 12.4. The van der Waals surface area contributed by atoms with E-state index in [2.05, 4.69) is 25.4 Å². The Hall–Kier alpha value is -4.10. The van der Waals surface area contributed by atoms with Gasteiger partial charge in [-0.15, -0.1) is 0 Å². The summed E-state index contributed by atoms with van der Waals surface area (Å²) in [6.45, 7) is -2.02. The molecular formula is C25H25ClF2N8O3. The van der Waals surface area contributed by atoms with E-state index in [0.29, 0.717) is 18.7 Å². The van der Waals surface area contributed by atoms with Crippen LogP contribution < -0.4 is 10.1 Å². The van der Waals surface area contributed by atoms with E-state index < -0.39 is 12.5 Å². The predicted octanol–water partition coefficient (Wildman–Crippen LogP) is 3.26. The molecule has 5 rings (SSSR count). The summed E-state index contributed by atoms with van der Waals surface area (Å²) in [6.07, 6.45) is 6.87. The number of rotatable bonds is 8. The second-order valence-electron chi connectivity index (χ2n) is 9.25.